The lowest BCUT2D eigenvalue weighted by Gasteiger charge is -2.15. The molecule has 0 spiro atoms. The maximum atomic E-state index is 13.3. The molecular weight excluding hydrogens is 216 g/mol. The largest absolute Gasteiger partial charge is 0.391 e. The number of amides is 1. The van der Waals surface area contributed by atoms with Crippen LogP contribution in [0.1, 0.15) is 16.8 Å². The van der Waals surface area contributed by atoms with Crippen molar-refractivity contribution in [3.63, 3.8) is 0 Å². The van der Waals surface area contributed by atoms with E-state index in [1.807, 2.05) is 0 Å². The van der Waals surface area contributed by atoms with Crippen molar-refractivity contribution in [3.8, 4) is 0 Å². The van der Waals surface area contributed by atoms with E-state index in [0.717, 1.165) is 12.1 Å². The van der Waals surface area contributed by atoms with Gasteiger partial charge in [0, 0.05) is 19.2 Å². The van der Waals surface area contributed by atoms with Crippen molar-refractivity contribution in [2.45, 2.75) is 12.5 Å². The normalized spacial score (nSPS) is 20.2. The highest BCUT2D eigenvalue weighted by molar-refractivity contribution is 5.94. The van der Waals surface area contributed by atoms with E-state index in [4.69, 9.17) is 0 Å². The SMILES string of the molecule is O=C(c1ccc(F)cc1F)N1CC[C@@H](O)C1. The number of benzene rings is 1. The van der Waals surface area contributed by atoms with Crippen LogP contribution >= 0.6 is 0 Å². The van der Waals surface area contributed by atoms with E-state index >= 15 is 0 Å². The molecule has 5 heteroatoms. The molecule has 0 saturated carbocycles. The number of carbonyl (C=O) groups is 1. The maximum Gasteiger partial charge on any atom is 0.256 e. The van der Waals surface area contributed by atoms with E-state index in [2.05, 4.69) is 0 Å². The number of rotatable bonds is 1. The zero-order valence-electron chi connectivity index (χ0n) is 8.49. The molecular formula is C11H11F2NO2. The zero-order valence-corrected chi connectivity index (χ0v) is 8.49. The molecule has 1 heterocycles. The minimum atomic E-state index is -0.869. The Morgan fingerprint density at radius 2 is 2.19 bits per heavy atom. The Morgan fingerprint density at radius 3 is 2.75 bits per heavy atom. The smallest absolute Gasteiger partial charge is 0.256 e. The van der Waals surface area contributed by atoms with Gasteiger partial charge in [-0.15, -0.1) is 0 Å². The van der Waals surface area contributed by atoms with Gasteiger partial charge in [-0.1, -0.05) is 0 Å². The Kier molecular flexibility index (Phi) is 2.87. The van der Waals surface area contributed by atoms with Gasteiger partial charge in [-0.05, 0) is 18.6 Å². The topological polar surface area (TPSA) is 40.5 Å². The number of halogens is 2. The average molecular weight is 227 g/mol. The van der Waals surface area contributed by atoms with Crippen molar-refractivity contribution >= 4 is 5.91 Å². The van der Waals surface area contributed by atoms with Gasteiger partial charge in [0.2, 0.25) is 0 Å². The minimum absolute atomic E-state index is 0.157. The monoisotopic (exact) mass is 227 g/mol. The van der Waals surface area contributed by atoms with Crippen LogP contribution in [0.25, 0.3) is 0 Å². The van der Waals surface area contributed by atoms with E-state index in [1.165, 1.54) is 4.90 Å². The number of likely N-dealkylation sites (tertiary alicyclic amines) is 1. The van der Waals surface area contributed by atoms with Crippen LogP contribution in [0.15, 0.2) is 18.2 Å². The molecule has 1 amide bonds. The van der Waals surface area contributed by atoms with Gasteiger partial charge in [0.1, 0.15) is 11.6 Å². The molecule has 0 aliphatic carbocycles. The van der Waals surface area contributed by atoms with Gasteiger partial charge in [-0.2, -0.15) is 0 Å². The van der Waals surface area contributed by atoms with Crippen LogP contribution in [0, 0.1) is 11.6 Å². The fraction of sp³-hybridized carbons (Fsp3) is 0.364. The van der Waals surface area contributed by atoms with Crippen molar-refractivity contribution in [2.24, 2.45) is 0 Å². The average Bonchev–Trinajstić information content (AvgIpc) is 2.64. The fourth-order valence-corrected chi connectivity index (χ4v) is 1.76. The maximum absolute atomic E-state index is 13.3. The van der Waals surface area contributed by atoms with Crippen LogP contribution < -0.4 is 0 Å². The summed E-state index contributed by atoms with van der Waals surface area (Å²) >= 11 is 0. The predicted molar refractivity (Wildman–Crippen MR) is 52.9 cm³/mol. The molecule has 1 atom stereocenters. The van der Waals surface area contributed by atoms with Gasteiger partial charge in [0.25, 0.3) is 5.91 Å². The molecule has 1 aliphatic heterocycles. The number of carbonyl (C=O) groups excluding carboxylic acids is 1. The lowest BCUT2D eigenvalue weighted by molar-refractivity contribution is 0.0760. The fourth-order valence-electron chi connectivity index (χ4n) is 1.76. The van der Waals surface area contributed by atoms with E-state index in [9.17, 15) is 18.7 Å². The molecule has 86 valence electrons. The van der Waals surface area contributed by atoms with E-state index in [0.29, 0.717) is 19.0 Å². The van der Waals surface area contributed by atoms with Crippen molar-refractivity contribution in [3.05, 3.63) is 35.4 Å². The summed E-state index contributed by atoms with van der Waals surface area (Å²) in [6, 6.07) is 2.85. The molecule has 16 heavy (non-hydrogen) atoms. The summed E-state index contributed by atoms with van der Waals surface area (Å²) in [7, 11) is 0. The second kappa shape index (κ2) is 4.17. The molecule has 1 aromatic carbocycles. The zero-order chi connectivity index (χ0) is 11.7. The molecule has 0 bridgehead atoms. The summed E-state index contributed by atoms with van der Waals surface area (Å²) in [4.78, 5) is 13.1. The molecule has 2 rings (SSSR count). The summed E-state index contributed by atoms with van der Waals surface area (Å²) < 4.78 is 25.9. The van der Waals surface area contributed by atoms with Crippen LogP contribution in [-0.4, -0.2) is 35.1 Å². The van der Waals surface area contributed by atoms with Crippen LogP contribution in [-0.2, 0) is 0 Å². The third-order valence-electron chi connectivity index (χ3n) is 2.61. The van der Waals surface area contributed by atoms with Crippen LogP contribution in [0.3, 0.4) is 0 Å². The second-order valence-corrected chi connectivity index (χ2v) is 3.82. The highest BCUT2D eigenvalue weighted by atomic mass is 19.1. The summed E-state index contributed by atoms with van der Waals surface area (Å²) in [5.41, 5.74) is -0.157. The molecule has 3 nitrogen and oxygen atoms in total. The first kappa shape index (κ1) is 11.0. The summed E-state index contributed by atoms with van der Waals surface area (Å²) in [6.07, 6.45) is -0.0541. The number of β-amino-alcohol motifs (C(OH)–C–C–N with tert-alkyl or cyclic N) is 1. The summed E-state index contributed by atoms with van der Waals surface area (Å²) in [5.74, 6) is -2.09. The molecule has 0 radical (unpaired) electrons. The minimum Gasteiger partial charge on any atom is -0.391 e. The summed E-state index contributed by atoms with van der Waals surface area (Å²) in [6.45, 7) is 0.604. The highest BCUT2D eigenvalue weighted by Crippen LogP contribution is 2.16. The lowest BCUT2D eigenvalue weighted by atomic mass is 10.2. The van der Waals surface area contributed by atoms with E-state index in [-0.39, 0.29) is 12.1 Å². The third kappa shape index (κ3) is 2.04. The number of aliphatic hydroxyl groups is 1. The molecule has 0 unspecified atom stereocenters. The van der Waals surface area contributed by atoms with Crippen LogP contribution in [0.5, 0.6) is 0 Å². The first-order valence-corrected chi connectivity index (χ1v) is 5.00. The van der Waals surface area contributed by atoms with Gasteiger partial charge in [0.05, 0.1) is 11.7 Å². The van der Waals surface area contributed by atoms with Gasteiger partial charge >= 0.3 is 0 Å². The molecule has 1 aromatic rings. The molecule has 1 fully saturated rings. The number of hydrogen-bond donors (Lipinski definition) is 1. The number of hydrogen-bond acceptors (Lipinski definition) is 2. The number of nitrogens with zero attached hydrogens (tertiary/aromatic N) is 1. The molecule has 1 saturated heterocycles. The van der Waals surface area contributed by atoms with Crippen molar-refractivity contribution in [2.75, 3.05) is 13.1 Å². The van der Waals surface area contributed by atoms with Crippen molar-refractivity contribution in [1.29, 1.82) is 0 Å². The van der Waals surface area contributed by atoms with Crippen LogP contribution in [0.4, 0.5) is 8.78 Å². The second-order valence-electron chi connectivity index (χ2n) is 3.82. The van der Waals surface area contributed by atoms with Crippen LogP contribution in [0.2, 0.25) is 0 Å². The van der Waals surface area contributed by atoms with Gasteiger partial charge in [0.15, 0.2) is 0 Å². The first-order chi connectivity index (χ1) is 7.58. The molecule has 0 aromatic heterocycles. The summed E-state index contributed by atoms with van der Waals surface area (Å²) in [5, 5.41) is 9.26. The van der Waals surface area contributed by atoms with E-state index < -0.39 is 23.6 Å². The number of aliphatic hydroxyl groups excluding tert-OH is 1. The molecule has 1 N–H and O–H groups in total. The first-order valence-electron chi connectivity index (χ1n) is 5.00. The Labute approximate surface area is 91.3 Å². The predicted octanol–water partition coefficient (Wildman–Crippen LogP) is 1.17. The van der Waals surface area contributed by atoms with Crippen molar-refractivity contribution < 1.29 is 18.7 Å². The standard InChI is InChI=1S/C11H11F2NO2/c12-7-1-2-9(10(13)5-7)11(16)14-4-3-8(15)6-14/h1-2,5,8,15H,3-4,6H2/t8-/m1/s1. The van der Waals surface area contributed by atoms with Gasteiger partial charge < -0.3 is 10.0 Å². The molecule has 1 aliphatic rings. The van der Waals surface area contributed by atoms with Gasteiger partial charge in [-0.3, -0.25) is 4.79 Å². The quantitative estimate of drug-likeness (QED) is 0.782. The lowest BCUT2D eigenvalue weighted by Crippen LogP contribution is -2.30. The Hall–Kier alpha value is -1.49. The van der Waals surface area contributed by atoms with E-state index in [1.54, 1.807) is 0 Å². The third-order valence-corrected chi connectivity index (χ3v) is 2.61. The Balaban J connectivity index is 2.21. The highest BCUT2D eigenvalue weighted by Gasteiger charge is 2.26. The Morgan fingerprint density at radius 1 is 1.44 bits per heavy atom. The Bertz CT molecular complexity index is 422. The van der Waals surface area contributed by atoms with Gasteiger partial charge in [-0.25, -0.2) is 8.78 Å². The van der Waals surface area contributed by atoms with Crippen molar-refractivity contribution in [1.82, 2.24) is 4.90 Å².